The molecule has 4 amide bonds. The number of amides is 4. The fraction of sp³-hybridized carbons (Fsp3) is 0.353. The molecular weight excluding hydrogens is 368 g/mol. The lowest BCUT2D eigenvalue weighted by molar-refractivity contribution is -0.138. The van der Waals surface area contributed by atoms with E-state index in [0.717, 1.165) is 5.01 Å². The van der Waals surface area contributed by atoms with Gasteiger partial charge in [-0.1, -0.05) is 42.1 Å². The van der Waals surface area contributed by atoms with Gasteiger partial charge in [-0.2, -0.15) is 5.01 Å². The van der Waals surface area contributed by atoms with E-state index in [1.807, 2.05) is 24.5 Å². The fourth-order valence-corrected chi connectivity index (χ4v) is 3.52. The molecule has 0 aliphatic carbocycles. The van der Waals surface area contributed by atoms with Crippen LogP contribution in [-0.4, -0.2) is 43.4 Å². The number of hydrogen-bond donors (Lipinski definition) is 2. The summed E-state index contributed by atoms with van der Waals surface area (Å²) in [4.78, 5) is 37.2. The van der Waals surface area contributed by atoms with Crippen LogP contribution in [0.2, 0.25) is 0 Å². The Hall–Kier alpha value is -2.88. The Bertz CT molecular complexity index is 869. The predicted molar refractivity (Wildman–Crippen MR) is 98.4 cm³/mol. The van der Waals surface area contributed by atoms with Crippen molar-refractivity contribution in [2.45, 2.75) is 37.5 Å². The third kappa shape index (κ3) is 3.65. The summed E-state index contributed by atoms with van der Waals surface area (Å²) in [5.41, 5.74) is 1.78. The van der Waals surface area contributed by atoms with E-state index in [-0.39, 0.29) is 11.8 Å². The minimum atomic E-state index is -1.23. The van der Waals surface area contributed by atoms with Crippen LogP contribution in [0.5, 0.6) is 0 Å². The van der Waals surface area contributed by atoms with Crippen LogP contribution in [-0.2, 0) is 15.1 Å². The smallest absolute Gasteiger partial charge is 0.318 e. The number of nitrogens with zero attached hydrogens (tertiary/aromatic N) is 4. The Kier molecular flexibility index (Phi) is 5.17. The van der Waals surface area contributed by atoms with E-state index in [0.29, 0.717) is 10.7 Å². The highest BCUT2D eigenvalue weighted by atomic mass is 32.2. The number of rotatable bonds is 6. The van der Waals surface area contributed by atoms with Crippen LogP contribution in [0.4, 0.5) is 4.79 Å². The zero-order valence-corrected chi connectivity index (χ0v) is 16.0. The SMILES string of the molecule is CC(C)n1cnnc1SCC(=O)NN1C(=O)N[C@@](C)(c2ccccc2)C1=O. The monoisotopic (exact) mass is 388 g/mol. The predicted octanol–water partition coefficient (Wildman–Crippen LogP) is 1.45. The summed E-state index contributed by atoms with van der Waals surface area (Å²) in [7, 11) is 0. The number of imide groups is 1. The maximum atomic E-state index is 12.7. The number of nitrogens with one attached hydrogen (secondary N) is 2. The second kappa shape index (κ2) is 7.39. The van der Waals surface area contributed by atoms with Gasteiger partial charge in [0.2, 0.25) is 5.91 Å². The van der Waals surface area contributed by atoms with Gasteiger partial charge in [-0.15, -0.1) is 10.2 Å². The lowest BCUT2D eigenvalue weighted by Crippen LogP contribution is -2.48. The molecule has 1 saturated heterocycles. The minimum Gasteiger partial charge on any atom is -0.318 e. The second-order valence-electron chi connectivity index (χ2n) is 6.50. The van der Waals surface area contributed by atoms with E-state index < -0.39 is 23.4 Å². The van der Waals surface area contributed by atoms with Crippen LogP contribution in [0, 0.1) is 0 Å². The van der Waals surface area contributed by atoms with E-state index in [2.05, 4.69) is 20.9 Å². The zero-order chi connectivity index (χ0) is 19.6. The molecule has 1 atom stereocenters. The number of hydrazine groups is 1. The summed E-state index contributed by atoms with van der Waals surface area (Å²) < 4.78 is 1.83. The van der Waals surface area contributed by atoms with E-state index >= 15 is 0 Å². The molecule has 1 aliphatic rings. The maximum Gasteiger partial charge on any atom is 0.344 e. The van der Waals surface area contributed by atoms with Crippen LogP contribution >= 0.6 is 11.8 Å². The molecule has 9 nitrogen and oxygen atoms in total. The molecule has 1 aromatic carbocycles. The molecule has 3 rings (SSSR count). The van der Waals surface area contributed by atoms with Crippen molar-refractivity contribution in [3.05, 3.63) is 42.2 Å². The highest BCUT2D eigenvalue weighted by Gasteiger charge is 2.49. The number of urea groups is 1. The zero-order valence-electron chi connectivity index (χ0n) is 15.2. The molecule has 0 saturated carbocycles. The standard InChI is InChI=1S/C17H20N6O3S/c1-11(2)22-10-18-20-16(22)27-9-13(24)21-23-14(25)17(3,19-15(23)26)12-7-5-4-6-8-12/h4-8,10-11H,9H2,1-3H3,(H,19,26)(H,21,24)/t17-/m0/s1. The summed E-state index contributed by atoms with van der Waals surface area (Å²) in [6.45, 7) is 5.56. The summed E-state index contributed by atoms with van der Waals surface area (Å²) in [6, 6.07) is 8.36. The van der Waals surface area contributed by atoms with Crippen molar-refractivity contribution in [1.82, 2.24) is 30.5 Å². The molecule has 2 heterocycles. The van der Waals surface area contributed by atoms with Gasteiger partial charge in [-0.3, -0.25) is 15.0 Å². The van der Waals surface area contributed by atoms with E-state index in [1.54, 1.807) is 37.5 Å². The lowest BCUT2D eigenvalue weighted by atomic mass is 9.92. The first-order chi connectivity index (χ1) is 12.8. The third-order valence-corrected chi connectivity index (χ3v) is 5.16. The van der Waals surface area contributed by atoms with Gasteiger partial charge in [0.15, 0.2) is 5.16 Å². The number of benzene rings is 1. The maximum absolute atomic E-state index is 12.7. The summed E-state index contributed by atoms with van der Waals surface area (Å²) >= 11 is 1.18. The molecule has 0 spiro atoms. The molecular formula is C17H20N6O3S. The first-order valence-electron chi connectivity index (χ1n) is 8.37. The molecule has 1 fully saturated rings. The molecule has 0 bridgehead atoms. The van der Waals surface area contributed by atoms with Crippen molar-refractivity contribution in [2.75, 3.05) is 5.75 Å². The van der Waals surface area contributed by atoms with Crippen molar-refractivity contribution in [3.63, 3.8) is 0 Å². The average Bonchev–Trinajstić information content (AvgIpc) is 3.20. The molecule has 142 valence electrons. The molecule has 2 aromatic rings. The van der Waals surface area contributed by atoms with Gasteiger partial charge < -0.3 is 9.88 Å². The Morgan fingerprint density at radius 1 is 1.30 bits per heavy atom. The number of aromatic nitrogens is 3. The van der Waals surface area contributed by atoms with Gasteiger partial charge in [0, 0.05) is 6.04 Å². The highest BCUT2D eigenvalue weighted by Crippen LogP contribution is 2.27. The minimum absolute atomic E-state index is 0.00940. The second-order valence-corrected chi connectivity index (χ2v) is 7.44. The molecule has 1 aromatic heterocycles. The van der Waals surface area contributed by atoms with Crippen LogP contribution < -0.4 is 10.7 Å². The number of carbonyl (C=O) groups is 3. The van der Waals surface area contributed by atoms with Gasteiger partial charge in [0.05, 0.1) is 5.75 Å². The Balaban J connectivity index is 1.65. The van der Waals surface area contributed by atoms with Gasteiger partial charge >= 0.3 is 6.03 Å². The molecule has 10 heteroatoms. The van der Waals surface area contributed by atoms with Crippen molar-refractivity contribution >= 4 is 29.6 Å². The molecule has 1 aliphatic heterocycles. The fourth-order valence-electron chi connectivity index (χ4n) is 2.68. The van der Waals surface area contributed by atoms with E-state index in [9.17, 15) is 14.4 Å². The van der Waals surface area contributed by atoms with Gasteiger partial charge in [-0.25, -0.2) is 4.79 Å². The van der Waals surface area contributed by atoms with Crippen LogP contribution in [0.3, 0.4) is 0 Å². The molecule has 0 radical (unpaired) electrons. The molecule has 0 unspecified atom stereocenters. The average molecular weight is 388 g/mol. The van der Waals surface area contributed by atoms with E-state index in [4.69, 9.17) is 0 Å². The van der Waals surface area contributed by atoms with Crippen LogP contribution in [0.25, 0.3) is 0 Å². The van der Waals surface area contributed by atoms with Crippen molar-refractivity contribution in [1.29, 1.82) is 0 Å². The first kappa shape index (κ1) is 18.9. The van der Waals surface area contributed by atoms with Gasteiger partial charge in [0.25, 0.3) is 5.91 Å². The third-order valence-electron chi connectivity index (χ3n) is 4.21. The summed E-state index contributed by atoms with van der Waals surface area (Å²) in [5, 5.41) is 11.8. The van der Waals surface area contributed by atoms with Crippen molar-refractivity contribution in [2.24, 2.45) is 0 Å². The highest BCUT2D eigenvalue weighted by molar-refractivity contribution is 7.99. The topological polar surface area (TPSA) is 109 Å². The Morgan fingerprint density at radius 2 is 2.00 bits per heavy atom. The normalized spacial score (nSPS) is 19.5. The molecule has 27 heavy (non-hydrogen) atoms. The van der Waals surface area contributed by atoms with Crippen LogP contribution in [0.1, 0.15) is 32.4 Å². The largest absolute Gasteiger partial charge is 0.344 e. The molecule has 2 N–H and O–H groups in total. The number of carbonyl (C=O) groups excluding carboxylic acids is 3. The lowest BCUT2D eigenvalue weighted by Gasteiger charge is -2.22. The van der Waals surface area contributed by atoms with E-state index in [1.165, 1.54) is 11.8 Å². The Morgan fingerprint density at radius 3 is 2.67 bits per heavy atom. The first-order valence-corrected chi connectivity index (χ1v) is 9.35. The quantitative estimate of drug-likeness (QED) is 0.573. The summed E-state index contributed by atoms with van der Waals surface area (Å²) in [6.07, 6.45) is 1.59. The van der Waals surface area contributed by atoms with Crippen molar-refractivity contribution in [3.8, 4) is 0 Å². The van der Waals surface area contributed by atoms with Gasteiger partial charge in [0.1, 0.15) is 11.9 Å². The Labute approximate surface area is 160 Å². The van der Waals surface area contributed by atoms with Gasteiger partial charge in [-0.05, 0) is 26.3 Å². The number of hydrogen-bond acceptors (Lipinski definition) is 6. The summed E-state index contributed by atoms with van der Waals surface area (Å²) in [5.74, 6) is -1.04. The van der Waals surface area contributed by atoms with Crippen LogP contribution in [0.15, 0.2) is 41.8 Å². The number of thioether (sulfide) groups is 1. The van der Waals surface area contributed by atoms with Crippen molar-refractivity contribution < 1.29 is 14.4 Å².